The van der Waals surface area contributed by atoms with Gasteiger partial charge in [-0.1, -0.05) is 23.7 Å². The van der Waals surface area contributed by atoms with Crippen molar-refractivity contribution in [2.24, 2.45) is 0 Å². The first-order valence-electron chi connectivity index (χ1n) is 7.67. The number of halogens is 1. The number of para-hydroxylation sites is 1. The average Bonchev–Trinajstić information content (AvgIpc) is 2.61. The van der Waals surface area contributed by atoms with Crippen LogP contribution in [-0.4, -0.2) is 46.4 Å². The van der Waals surface area contributed by atoms with Crippen molar-refractivity contribution in [3.63, 3.8) is 0 Å². The van der Waals surface area contributed by atoms with Crippen LogP contribution in [0.4, 0.5) is 5.82 Å². The molecule has 3 aromatic rings. The second kappa shape index (κ2) is 6.22. The Morgan fingerprint density at radius 2 is 1.92 bits per heavy atom. The Morgan fingerprint density at radius 1 is 1.12 bits per heavy atom. The Balaban J connectivity index is 1.93. The molecule has 0 aliphatic carbocycles. The number of anilines is 1. The summed E-state index contributed by atoms with van der Waals surface area (Å²) in [6.07, 6.45) is 1.59. The van der Waals surface area contributed by atoms with Gasteiger partial charge in [0.1, 0.15) is 11.3 Å². The monoisotopic (exact) mass is 342 g/mol. The molecule has 0 atom stereocenters. The predicted molar refractivity (Wildman–Crippen MR) is 92.5 cm³/mol. The summed E-state index contributed by atoms with van der Waals surface area (Å²) in [7, 11) is 0. The molecular formula is C17H15ClN4O2. The molecule has 0 amide bonds. The van der Waals surface area contributed by atoms with Crippen LogP contribution in [0.1, 0.15) is 0 Å². The van der Waals surface area contributed by atoms with Gasteiger partial charge in [0.05, 0.1) is 29.3 Å². The lowest BCUT2D eigenvalue weighted by Gasteiger charge is -2.28. The van der Waals surface area contributed by atoms with E-state index in [1.807, 2.05) is 6.07 Å². The Kier molecular flexibility index (Phi) is 3.92. The van der Waals surface area contributed by atoms with Crippen LogP contribution in [0.25, 0.3) is 22.4 Å². The smallest absolute Gasteiger partial charge is 0.166 e. The van der Waals surface area contributed by atoms with Crippen molar-refractivity contribution in [3.8, 4) is 17.1 Å². The Labute approximate surface area is 143 Å². The number of aromatic hydroxyl groups is 1. The molecule has 6 nitrogen and oxygen atoms in total. The van der Waals surface area contributed by atoms with Crippen molar-refractivity contribution < 1.29 is 9.84 Å². The molecule has 24 heavy (non-hydrogen) atoms. The SMILES string of the molecule is Oc1ccccc1-c1nc(N2CCOCC2)c2ncc(Cl)cc2n1. The summed E-state index contributed by atoms with van der Waals surface area (Å²) in [5, 5.41) is 10.6. The summed E-state index contributed by atoms with van der Waals surface area (Å²) in [4.78, 5) is 15.8. The van der Waals surface area contributed by atoms with E-state index < -0.39 is 0 Å². The number of aromatic nitrogens is 3. The number of pyridine rings is 1. The average molecular weight is 343 g/mol. The summed E-state index contributed by atoms with van der Waals surface area (Å²) < 4.78 is 5.42. The van der Waals surface area contributed by atoms with Crippen LogP contribution in [0.2, 0.25) is 5.02 Å². The van der Waals surface area contributed by atoms with Gasteiger partial charge in [0, 0.05) is 19.3 Å². The highest BCUT2D eigenvalue weighted by atomic mass is 35.5. The van der Waals surface area contributed by atoms with Gasteiger partial charge in [-0.2, -0.15) is 0 Å². The molecule has 1 aromatic carbocycles. The van der Waals surface area contributed by atoms with E-state index in [0.717, 1.165) is 18.9 Å². The summed E-state index contributed by atoms with van der Waals surface area (Å²) >= 11 is 6.08. The number of benzene rings is 1. The van der Waals surface area contributed by atoms with Gasteiger partial charge in [-0.3, -0.25) is 0 Å². The number of nitrogens with zero attached hydrogens (tertiary/aromatic N) is 4. The lowest BCUT2D eigenvalue weighted by atomic mass is 10.2. The number of phenols is 1. The topological polar surface area (TPSA) is 71.4 Å². The van der Waals surface area contributed by atoms with Gasteiger partial charge >= 0.3 is 0 Å². The quantitative estimate of drug-likeness (QED) is 0.772. The van der Waals surface area contributed by atoms with Crippen molar-refractivity contribution >= 4 is 28.5 Å². The molecule has 1 saturated heterocycles. The van der Waals surface area contributed by atoms with E-state index in [9.17, 15) is 5.11 Å². The minimum atomic E-state index is 0.139. The predicted octanol–water partition coefficient (Wildman–Crippen LogP) is 2.89. The Hall–Kier alpha value is -2.44. The summed E-state index contributed by atoms with van der Waals surface area (Å²) in [6.45, 7) is 2.75. The number of phenolic OH excluding ortho intramolecular Hbond substituents is 1. The molecule has 0 saturated carbocycles. The minimum absolute atomic E-state index is 0.139. The second-order valence-corrected chi connectivity index (χ2v) is 5.95. The lowest BCUT2D eigenvalue weighted by Crippen LogP contribution is -2.37. The van der Waals surface area contributed by atoms with Crippen LogP contribution < -0.4 is 4.90 Å². The number of rotatable bonds is 2. The lowest BCUT2D eigenvalue weighted by molar-refractivity contribution is 0.122. The number of morpholine rings is 1. The van der Waals surface area contributed by atoms with Gasteiger partial charge in [0.25, 0.3) is 0 Å². The van der Waals surface area contributed by atoms with E-state index in [4.69, 9.17) is 16.3 Å². The third-order valence-electron chi connectivity index (χ3n) is 3.94. The van der Waals surface area contributed by atoms with E-state index in [0.29, 0.717) is 40.7 Å². The molecule has 1 fully saturated rings. The molecule has 2 aromatic heterocycles. The van der Waals surface area contributed by atoms with Crippen molar-refractivity contribution in [2.45, 2.75) is 0 Å². The number of fused-ring (bicyclic) bond motifs is 1. The molecule has 4 rings (SSSR count). The molecule has 3 heterocycles. The highest BCUT2D eigenvalue weighted by Crippen LogP contribution is 2.31. The number of ether oxygens (including phenoxy) is 1. The van der Waals surface area contributed by atoms with Crippen LogP contribution in [0.5, 0.6) is 5.75 Å². The first-order chi connectivity index (χ1) is 11.7. The van der Waals surface area contributed by atoms with Crippen LogP contribution >= 0.6 is 11.6 Å². The zero-order chi connectivity index (χ0) is 16.5. The molecule has 0 bridgehead atoms. The Morgan fingerprint density at radius 3 is 2.71 bits per heavy atom. The van der Waals surface area contributed by atoms with Gasteiger partial charge in [-0.25, -0.2) is 15.0 Å². The summed E-state index contributed by atoms with van der Waals surface area (Å²) in [5.74, 6) is 1.32. The van der Waals surface area contributed by atoms with Gasteiger partial charge < -0.3 is 14.7 Å². The first-order valence-corrected chi connectivity index (χ1v) is 8.04. The fraction of sp³-hybridized carbons (Fsp3) is 0.235. The largest absolute Gasteiger partial charge is 0.507 e. The van der Waals surface area contributed by atoms with Crippen molar-refractivity contribution in [1.29, 1.82) is 0 Å². The minimum Gasteiger partial charge on any atom is -0.507 e. The summed E-state index contributed by atoms with van der Waals surface area (Å²) in [6, 6.07) is 8.78. The zero-order valence-corrected chi connectivity index (χ0v) is 13.6. The van der Waals surface area contributed by atoms with Crippen molar-refractivity contribution in [3.05, 3.63) is 41.6 Å². The van der Waals surface area contributed by atoms with Crippen LogP contribution in [0.3, 0.4) is 0 Å². The maximum atomic E-state index is 10.1. The highest BCUT2D eigenvalue weighted by Gasteiger charge is 2.20. The molecule has 122 valence electrons. The van der Waals surface area contributed by atoms with Crippen molar-refractivity contribution in [1.82, 2.24) is 15.0 Å². The van der Waals surface area contributed by atoms with Crippen molar-refractivity contribution in [2.75, 3.05) is 31.2 Å². The number of hydrogen-bond donors (Lipinski definition) is 1. The Bertz CT molecular complexity index is 897. The molecule has 7 heteroatoms. The van der Waals surface area contributed by atoms with Gasteiger partial charge in [0.2, 0.25) is 0 Å². The van der Waals surface area contributed by atoms with Gasteiger partial charge in [-0.05, 0) is 18.2 Å². The maximum Gasteiger partial charge on any atom is 0.166 e. The normalized spacial score (nSPS) is 15.0. The molecule has 1 aliphatic rings. The van der Waals surface area contributed by atoms with Crippen LogP contribution in [-0.2, 0) is 4.74 Å². The third-order valence-corrected chi connectivity index (χ3v) is 4.15. The summed E-state index contributed by atoms with van der Waals surface area (Å²) in [5.41, 5.74) is 1.92. The van der Waals surface area contributed by atoms with E-state index in [1.165, 1.54) is 0 Å². The van der Waals surface area contributed by atoms with Crippen LogP contribution in [0.15, 0.2) is 36.5 Å². The first kappa shape index (κ1) is 15.1. The van der Waals surface area contributed by atoms with E-state index >= 15 is 0 Å². The standard InChI is InChI=1S/C17H15ClN4O2/c18-11-9-13-15(19-10-11)17(22-5-7-24-8-6-22)21-16(20-13)12-3-1-2-4-14(12)23/h1-4,9-10,23H,5-8H2. The molecule has 1 N–H and O–H groups in total. The molecule has 0 radical (unpaired) electrons. The fourth-order valence-corrected chi connectivity index (χ4v) is 2.91. The fourth-order valence-electron chi connectivity index (χ4n) is 2.76. The van der Waals surface area contributed by atoms with E-state index in [-0.39, 0.29) is 5.75 Å². The highest BCUT2D eigenvalue weighted by molar-refractivity contribution is 6.31. The third kappa shape index (κ3) is 2.74. The number of hydrogen-bond acceptors (Lipinski definition) is 6. The second-order valence-electron chi connectivity index (χ2n) is 5.51. The zero-order valence-electron chi connectivity index (χ0n) is 12.8. The van der Waals surface area contributed by atoms with Gasteiger partial charge in [-0.15, -0.1) is 0 Å². The van der Waals surface area contributed by atoms with Crippen LogP contribution in [0, 0.1) is 0 Å². The van der Waals surface area contributed by atoms with E-state index in [1.54, 1.807) is 30.5 Å². The molecule has 1 aliphatic heterocycles. The van der Waals surface area contributed by atoms with E-state index in [2.05, 4.69) is 19.9 Å². The molecular weight excluding hydrogens is 328 g/mol. The van der Waals surface area contributed by atoms with Gasteiger partial charge in [0.15, 0.2) is 11.6 Å². The molecule has 0 spiro atoms. The maximum absolute atomic E-state index is 10.1. The molecule has 0 unspecified atom stereocenters.